The van der Waals surface area contributed by atoms with Crippen LogP contribution < -0.4 is 0 Å². The number of rotatable bonds is 9. The van der Waals surface area contributed by atoms with Crippen LogP contribution in [0.2, 0.25) is 18.1 Å². The molecular weight excluding hydrogens is 392 g/mol. The maximum atomic E-state index is 9.75. The molecule has 166 valence electrons. The molecule has 0 atom stereocenters. The Bertz CT molecular complexity index is 279. The summed E-state index contributed by atoms with van der Waals surface area (Å²) in [7, 11) is -9.46. The molecular formula is C15H46O8Si3. The van der Waals surface area contributed by atoms with Crippen LogP contribution >= 0.6 is 0 Å². The van der Waals surface area contributed by atoms with Crippen molar-refractivity contribution in [1.29, 1.82) is 0 Å². The molecule has 1 rings (SSSR count). The molecule has 1 aliphatic rings. The molecule has 0 saturated carbocycles. The van der Waals surface area contributed by atoms with Crippen molar-refractivity contribution in [2.45, 2.75) is 99.7 Å². The average Bonchev–Trinajstić information content (AvgIpc) is 2.39. The first-order valence-corrected chi connectivity index (χ1v) is 14.1. The van der Waals surface area contributed by atoms with E-state index >= 15 is 0 Å². The van der Waals surface area contributed by atoms with E-state index < -0.39 is 26.4 Å². The van der Waals surface area contributed by atoms with Gasteiger partial charge in [-0.25, -0.2) is 0 Å². The van der Waals surface area contributed by atoms with Crippen LogP contribution in [-0.4, -0.2) is 55.9 Å². The van der Waals surface area contributed by atoms with Gasteiger partial charge in [0.25, 0.3) is 0 Å². The molecule has 1 fully saturated rings. The molecule has 0 aliphatic carbocycles. The molecule has 26 heavy (non-hydrogen) atoms. The molecule has 8 nitrogen and oxygen atoms in total. The summed E-state index contributed by atoms with van der Waals surface area (Å²) in [6, 6.07) is 1.35. The minimum Gasteiger partial charge on any atom is -0.412 e. The summed E-state index contributed by atoms with van der Waals surface area (Å²) in [5.41, 5.74) is 0. The maximum Gasteiger partial charge on any atom is 0.492 e. The van der Waals surface area contributed by atoms with Gasteiger partial charge in [0.15, 0.2) is 0 Å². The standard InChI is InChI=1S/C8H20O4Si2.C4H12O3Si.3CH4.H2O/c1-3-5-7-13(9)11-14(10,12-13)8-6-4-2;1-2-3-4-8(5,6)7;;;;/h9-10H,3-8H2,1-2H3;5-7H,2-4H2,1H3;3*1H4;1H2. The first kappa shape index (κ1) is 37.1. The minimum atomic E-state index is -3.68. The summed E-state index contributed by atoms with van der Waals surface area (Å²) in [5.74, 6) is 0. The summed E-state index contributed by atoms with van der Waals surface area (Å²) < 4.78 is 10.6. The van der Waals surface area contributed by atoms with Crippen LogP contribution in [0.4, 0.5) is 0 Å². The lowest BCUT2D eigenvalue weighted by Gasteiger charge is -2.45. The van der Waals surface area contributed by atoms with Crippen molar-refractivity contribution >= 4 is 26.4 Å². The van der Waals surface area contributed by atoms with Gasteiger partial charge < -0.3 is 37.7 Å². The van der Waals surface area contributed by atoms with Crippen LogP contribution in [0.15, 0.2) is 0 Å². The van der Waals surface area contributed by atoms with Crippen LogP contribution in [-0.2, 0) is 8.23 Å². The lowest BCUT2D eigenvalue weighted by atomic mass is 10.4. The van der Waals surface area contributed by atoms with Crippen molar-refractivity contribution in [3.05, 3.63) is 0 Å². The summed E-state index contributed by atoms with van der Waals surface area (Å²) in [4.78, 5) is 44.7. The molecule has 0 aromatic heterocycles. The Morgan fingerprint density at radius 1 is 0.692 bits per heavy atom. The first-order chi connectivity index (χ1) is 10.1. The zero-order valence-electron chi connectivity index (χ0n) is 14.4. The van der Waals surface area contributed by atoms with E-state index in [-0.39, 0.29) is 33.8 Å². The Kier molecular flexibility index (Phi) is 24.9. The Labute approximate surface area is 164 Å². The smallest absolute Gasteiger partial charge is 0.412 e. The summed E-state index contributed by atoms with van der Waals surface area (Å²) in [6.45, 7) is 6.04. The average molecular weight is 439 g/mol. The Balaban J connectivity index is -0.000000109. The Morgan fingerprint density at radius 3 is 1.19 bits per heavy atom. The van der Waals surface area contributed by atoms with Gasteiger partial charge in [0.1, 0.15) is 0 Å². The highest BCUT2D eigenvalue weighted by Crippen LogP contribution is 2.34. The first-order valence-electron chi connectivity index (χ1n) is 8.12. The Morgan fingerprint density at radius 2 is 1.00 bits per heavy atom. The quantitative estimate of drug-likeness (QED) is 0.346. The van der Waals surface area contributed by atoms with Gasteiger partial charge in [0.2, 0.25) is 0 Å². The molecule has 11 heteroatoms. The van der Waals surface area contributed by atoms with Crippen LogP contribution in [0.1, 0.15) is 81.6 Å². The van der Waals surface area contributed by atoms with Gasteiger partial charge in [-0.3, -0.25) is 0 Å². The molecule has 0 unspecified atom stereocenters. The van der Waals surface area contributed by atoms with E-state index in [0.717, 1.165) is 32.1 Å². The monoisotopic (exact) mass is 438 g/mol. The molecule has 0 bridgehead atoms. The second-order valence-electron chi connectivity index (χ2n) is 5.71. The molecule has 1 aliphatic heterocycles. The lowest BCUT2D eigenvalue weighted by Crippen LogP contribution is -2.71. The molecule has 0 aromatic carbocycles. The van der Waals surface area contributed by atoms with Gasteiger partial charge in [0.05, 0.1) is 0 Å². The van der Waals surface area contributed by atoms with Crippen molar-refractivity contribution in [3.63, 3.8) is 0 Å². The minimum absolute atomic E-state index is 0. The van der Waals surface area contributed by atoms with Gasteiger partial charge in [-0.1, -0.05) is 62.3 Å². The van der Waals surface area contributed by atoms with Gasteiger partial charge >= 0.3 is 26.4 Å². The van der Waals surface area contributed by atoms with E-state index in [2.05, 4.69) is 13.8 Å². The van der Waals surface area contributed by atoms with Gasteiger partial charge in [0, 0.05) is 18.1 Å². The molecule has 7 N–H and O–H groups in total. The molecule has 1 heterocycles. The third-order valence-corrected chi connectivity index (χ3v) is 11.3. The van der Waals surface area contributed by atoms with Crippen LogP contribution in [0.3, 0.4) is 0 Å². The highest BCUT2D eigenvalue weighted by atomic mass is 28.5. The molecule has 0 spiro atoms. The van der Waals surface area contributed by atoms with Crippen molar-refractivity contribution in [1.82, 2.24) is 0 Å². The van der Waals surface area contributed by atoms with E-state index in [4.69, 9.17) is 22.6 Å². The third kappa shape index (κ3) is 17.7. The van der Waals surface area contributed by atoms with Gasteiger partial charge in [-0.15, -0.1) is 0 Å². The van der Waals surface area contributed by atoms with E-state index in [0.29, 0.717) is 18.5 Å². The summed E-state index contributed by atoms with van der Waals surface area (Å²) >= 11 is 0. The largest absolute Gasteiger partial charge is 0.492 e. The molecule has 0 aromatic rings. The summed E-state index contributed by atoms with van der Waals surface area (Å²) in [5, 5.41) is 0. The highest BCUT2D eigenvalue weighted by molar-refractivity contribution is 6.87. The third-order valence-electron chi connectivity index (χ3n) is 3.20. The second kappa shape index (κ2) is 17.4. The fourth-order valence-corrected chi connectivity index (χ4v) is 10.0. The van der Waals surface area contributed by atoms with E-state index in [1.165, 1.54) is 0 Å². The van der Waals surface area contributed by atoms with Gasteiger partial charge in [-0.2, -0.15) is 0 Å². The zero-order valence-corrected chi connectivity index (χ0v) is 17.4. The lowest BCUT2D eigenvalue weighted by molar-refractivity contribution is 0.0642. The van der Waals surface area contributed by atoms with Crippen LogP contribution in [0.5, 0.6) is 0 Å². The Hall–Kier alpha value is 0.331. The molecule has 1 saturated heterocycles. The number of hydrogen-bond acceptors (Lipinski definition) is 7. The molecule has 0 radical (unpaired) electrons. The van der Waals surface area contributed by atoms with E-state index in [1.54, 1.807) is 0 Å². The van der Waals surface area contributed by atoms with Crippen molar-refractivity contribution in [3.8, 4) is 0 Å². The SMILES string of the molecule is C.C.C.CCCC[Si](O)(O)O.CCCC[Si]1(O)O[Si](O)(CCCC)O1.O. The fourth-order valence-electron chi connectivity index (χ4n) is 1.92. The normalized spacial score (nSPS) is 23.5. The molecule has 0 amide bonds. The number of unbranched alkanes of at least 4 members (excludes halogenated alkanes) is 3. The predicted octanol–water partition coefficient (Wildman–Crippen LogP) is 2.28. The second-order valence-corrected chi connectivity index (χ2v) is 13.2. The highest BCUT2D eigenvalue weighted by Gasteiger charge is 2.62. The van der Waals surface area contributed by atoms with Crippen molar-refractivity contribution < 1.29 is 37.7 Å². The topological polar surface area (TPSA) is 151 Å². The predicted molar refractivity (Wildman–Crippen MR) is 113 cm³/mol. The van der Waals surface area contributed by atoms with Crippen molar-refractivity contribution in [2.24, 2.45) is 0 Å². The van der Waals surface area contributed by atoms with Crippen LogP contribution in [0.25, 0.3) is 0 Å². The maximum absolute atomic E-state index is 9.75. The van der Waals surface area contributed by atoms with Crippen LogP contribution in [0, 0.1) is 0 Å². The van der Waals surface area contributed by atoms with Gasteiger partial charge in [-0.05, 0) is 19.3 Å². The number of hydrogen-bond donors (Lipinski definition) is 5. The van der Waals surface area contributed by atoms with Crippen molar-refractivity contribution in [2.75, 3.05) is 0 Å². The van der Waals surface area contributed by atoms with E-state index in [9.17, 15) is 9.59 Å². The van der Waals surface area contributed by atoms with E-state index in [1.807, 2.05) is 6.92 Å². The fraction of sp³-hybridized carbons (Fsp3) is 1.00. The zero-order chi connectivity index (χ0) is 17.3. The summed E-state index contributed by atoms with van der Waals surface area (Å²) in [6.07, 6.45) is 5.40.